The van der Waals surface area contributed by atoms with E-state index in [0.29, 0.717) is 24.3 Å². The van der Waals surface area contributed by atoms with Gasteiger partial charge in [0.2, 0.25) is 0 Å². The van der Waals surface area contributed by atoms with Gasteiger partial charge in [-0.15, -0.1) is 10.8 Å². The maximum Gasteiger partial charge on any atom is 0.337 e. The first-order valence-electron chi connectivity index (χ1n) is 7.98. The highest BCUT2D eigenvalue weighted by Crippen LogP contribution is 2.52. The smallest absolute Gasteiger partial charge is 0.337 e. The molecule has 3 rings (SSSR count). The fourth-order valence-electron chi connectivity index (χ4n) is 3.11. The molecule has 1 heterocycles. The van der Waals surface area contributed by atoms with Crippen LogP contribution in [0.1, 0.15) is 28.3 Å². The van der Waals surface area contributed by atoms with Crippen LogP contribution in [0.15, 0.2) is 48.5 Å². The second-order valence-corrected chi connectivity index (χ2v) is 8.21. The van der Waals surface area contributed by atoms with Gasteiger partial charge < -0.3 is 10.5 Å². The Balaban J connectivity index is 1.95. The van der Waals surface area contributed by atoms with Crippen LogP contribution in [0.25, 0.3) is 0 Å². The van der Waals surface area contributed by atoms with Crippen molar-refractivity contribution in [3.05, 3.63) is 59.7 Å². The van der Waals surface area contributed by atoms with E-state index < -0.39 is 16.7 Å². The maximum absolute atomic E-state index is 11.8. The Morgan fingerprint density at radius 2 is 1.96 bits per heavy atom. The number of anilines is 2. The van der Waals surface area contributed by atoms with Gasteiger partial charge in [0, 0.05) is 18.2 Å². The summed E-state index contributed by atoms with van der Waals surface area (Å²) in [5, 5.41) is 0. The summed E-state index contributed by atoms with van der Waals surface area (Å²) in [6.45, 7) is 0.441. The zero-order valence-electron chi connectivity index (χ0n) is 14.0. The van der Waals surface area contributed by atoms with E-state index >= 15 is 0 Å². The lowest BCUT2D eigenvalue weighted by Gasteiger charge is -2.50. The van der Waals surface area contributed by atoms with E-state index in [-0.39, 0.29) is 17.2 Å². The summed E-state index contributed by atoms with van der Waals surface area (Å²) in [6.07, 6.45) is 0.690. The van der Waals surface area contributed by atoms with Gasteiger partial charge in [0.1, 0.15) is 0 Å². The standard InChI is InChI=1S/C18H22N2O4S/c1-24-18(21)15-9-16(19)11-17(10-15)20-12-14(7-8-25(20,22)23)13-5-3-2-4-6-13/h2-6,9-11,14,22-23H,7-8,12,19H2,1H3. The van der Waals surface area contributed by atoms with Crippen molar-refractivity contribution < 1.29 is 18.6 Å². The minimum Gasteiger partial charge on any atom is -0.465 e. The molecule has 25 heavy (non-hydrogen) atoms. The van der Waals surface area contributed by atoms with Crippen LogP contribution >= 0.6 is 10.8 Å². The molecule has 0 amide bonds. The van der Waals surface area contributed by atoms with Crippen molar-refractivity contribution in [1.29, 1.82) is 0 Å². The van der Waals surface area contributed by atoms with E-state index in [1.807, 2.05) is 30.3 Å². The first-order chi connectivity index (χ1) is 11.9. The van der Waals surface area contributed by atoms with Crippen LogP contribution in [0.2, 0.25) is 0 Å². The molecule has 1 atom stereocenters. The molecular weight excluding hydrogens is 340 g/mol. The highest BCUT2D eigenvalue weighted by molar-refractivity contribution is 8.25. The Labute approximate surface area is 148 Å². The molecule has 1 unspecified atom stereocenters. The molecule has 1 aliphatic rings. The molecule has 0 aromatic heterocycles. The predicted octanol–water partition coefficient (Wildman–Crippen LogP) is 3.71. The summed E-state index contributed by atoms with van der Waals surface area (Å²) < 4.78 is 27.4. The number of carbonyl (C=O) groups is 1. The van der Waals surface area contributed by atoms with Crippen LogP contribution in [-0.4, -0.2) is 34.5 Å². The van der Waals surface area contributed by atoms with Crippen LogP contribution in [0.3, 0.4) is 0 Å². The zero-order chi connectivity index (χ0) is 18.0. The largest absolute Gasteiger partial charge is 0.465 e. The first-order valence-corrected chi connectivity index (χ1v) is 9.65. The van der Waals surface area contributed by atoms with Crippen molar-refractivity contribution in [3.8, 4) is 0 Å². The molecule has 0 radical (unpaired) electrons. The molecule has 6 nitrogen and oxygen atoms in total. The number of hydrogen-bond acceptors (Lipinski definition) is 6. The lowest BCUT2D eigenvalue weighted by atomic mass is 9.96. The van der Waals surface area contributed by atoms with Crippen molar-refractivity contribution in [2.75, 3.05) is 29.4 Å². The number of benzene rings is 2. The second-order valence-electron chi connectivity index (χ2n) is 6.10. The topological polar surface area (TPSA) is 96.0 Å². The zero-order valence-corrected chi connectivity index (χ0v) is 14.8. The number of nitrogens with zero attached hydrogens (tertiary/aromatic N) is 1. The average Bonchev–Trinajstić information content (AvgIpc) is 2.61. The summed E-state index contributed by atoms with van der Waals surface area (Å²) in [5.41, 5.74) is 8.23. The van der Waals surface area contributed by atoms with Crippen molar-refractivity contribution in [1.82, 2.24) is 0 Å². The van der Waals surface area contributed by atoms with Crippen LogP contribution in [0, 0.1) is 0 Å². The van der Waals surface area contributed by atoms with Crippen LogP contribution in [0.5, 0.6) is 0 Å². The lowest BCUT2D eigenvalue weighted by Crippen LogP contribution is -2.38. The van der Waals surface area contributed by atoms with Gasteiger partial charge in [-0.1, -0.05) is 30.3 Å². The van der Waals surface area contributed by atoms with E-state index in [4.69, 9.17) is 10.5 Å². The van der Waals surface area contributed by atoms with Crippen molar-refractivity contribution in [2.45, 2.75) is 12.3 Å². The number of ether oxygens (including phenoxy) is 1. The monoisotopic (exact) mass is 362 g/mol. The van der Waals surface area contributed by atoms with Gasteiger partial charge >= 0.3 is 5.97 Å². The SMILES string of the molecule is COC(=O)c1cc(N)cc(N2CC(c3ccccc3)CCS2(O)O)c1. The van der Waals surface area contributed by atoms with Crippen molar-refractivity contribution in [2.24, 2.45) is 0 Å². The number of nitrogen functional groups attached to an aromatic ring is 1. The number of carbonyl (C=O) groups excluding carboxylic acids is 1. The van der Waals surface area contributed by atoms with Crippen LogP contribution < -0.4 is 10.0 Å². The van der Waals surface area contributed by atoms with E-state index in [1.165, 1.54) is 13.2 Å². The minimum absolute atomic E-state index is 0.170. The van der Waals surface area contributed by atoms with Gasteiger partial charge in [-0.05, 0) is 30.2 Å². The molecule has 1 fully saturated rings. The molecule has 0 saturated carbocycles. The van der Waals surface area contributed by atoms with Crippen LogP contribution in [0.4, 0.5) is 11.4 Å². The molecule has 1 saturated heterocycles. The van der Waals surface area contributed by atoms with Crippen LogP contribution in [-0.2, 0) is 4.74 Å². The van der Waals surface area contributed by atoms with Gasteiger partial charge in [-0.3, -0.25) is 13.4 Å². The molecule has 0 spiro atoms. The number of hydrogen-bond donors (Lipinski definition) is 3. The summed E-state index contributed by atoms with van der Waals surface area (Å²) in [5.74, 6) is -0.0691. The Morgan fingerprint density at radius 1 is 1.24 bits per heavy atom. The van der Waals surface area contributed by atoms with Gasteiger partial charge in [0.15, 0.2) is 0 Å². The molecule has 134 valence electrons. The normalized spacial score (nSPS) is 20.8. The average molecular weight is 362 g/mol. The molecule has 2 aromatic carbocycles. The summed E-state index contributed by atoms with van der Waals surface area (Å²) in [7, 11) is -1.66. The molecular formula is C18H22N2O4S. The highest BCUT2D eigenvalue weighted by Gasteiger charge is 2.33. The molecule has 0 aliphatic carbocycles. The van der Waals surface area contributed by atoms with Gasteiger partial charge in [0.25, 0.3) is 0 Å². The highest BCUT2D eigenvalue weighted by atomic mass is 32.3. The number of rotatable bonds is 3. The number of nitrogens with two attached hydrogens (primary N) is 1. The molecule has 7 heteroatoms. The molecule has 1 aliphatic heterocycles. The van der Waals surface area contributed by atoms with Crippen molar-refractivity contribution in [3.63, 3.8) is 0 Å². The van der Waals surface area contributed by atoms with Gasteiger partial charge in [0.05, 0.1) is 24.1 Å². The maximum atomic E-state index is 11.8. The molecule has 2 aromatic rings. The van der Waals surface area contributed by atoms with E-state index in [2.05, 4.69) is 0 Å². The third kappa shape index (κ3) is 3.73. The first kappa shape index (κ1) is 17.6. The predicted molar refractivity (Wildman–Crippen MR) is 101 cm³/mol. The Bertz CT molecular complexity index is 767. The Hall–Kier alpha value is -2.22. The second kappa shape index (κ2) is 6.95. The van der Waals surface area contributed by atoms with E-state index in [9.17, 15) is 13.9 Å². The third-order valence-corrected chi connectivity index (χ3v) is 6.25. The summed E-state index contributed by atoms with van der Waals surface area (Å²) in [4.78, 5) is 11.8. The third-order valence-electron chi connectivity index (χ3n) is 4.40. The van der Waals surface area contributed by atoms with Gasteiger partial charge in [-0.25, -0.2) is 4.79 Å². The Kier molecular flexibility index (Phi) is 4.89. The number of methoxy groups -OCH3 is 1. The summed E-state index contributed by atoms with van der Waals surface area (Å²) >= 11 is 0. The molecule has 0 bridgehead atoms. The molecule has 4 N–H and O–H groups in total. The van der Waals surface area contributed by atoms with E-state index in [0.717, 1.165) is 5.56 Å². The van der Waals surface area contributed by atoms with E-state index in [1.54, 1.807) is 16.4 Å². The lowest BCUT2D eigenvalue weighted by molar-refractivity contribution is 0.0601. The van der Waals surface area contributed by atoms with Crippen molar-refractivity contribution >= 4 is 28.1 Å². The number of esters is 1. The quantitative estimate of drug-likeness (QED) is 0.569. The fourth-order valence-corrected chi connectivity index (χ4v) is 4.79. The Morgan fingerprint density at radius 3 is 2.64 bits per heavy atom. The fraction of sp³-hybridized carbons (Fsp3) is 0.278. The summed E-state index contributed by atoms with van der Waals surface area (Å²) in [6, 6.07) is 14.7. The minimum atomic E-state index is -2.96. The van der Waals surface area contributed by atoms with Gasteiger partial charge in [-0.2, -0.15) is 0 Å².